The molecule has 8 heteroatoms. The maximum atomic E-state index is 12.4. The molecule has 0 unspecified atom stereocenters. The van der Waals surface area contributed by atoms with Crippen LogP contribution in [0.5, 0.6) is 5.75 Å². The first-order valence-electron chi connectivity index (χ1n) is 10.8. The van der Waals surface area contributed by atoms with Crippen molar-refractivity contribution in [1.82, 2.24) is 19.9 Å². The van der Waals surface area contributed by atoms with Gasteiger partial charge in [-0.15, -0.1) is 0 Å². The van der Waals surface area contributed by atoms with E-state index in [9.17, 15) is 4.79 Å². The maximum absolute atomic E-state index is 12.4. The highest BCUT2D eigenvalue weighted by Gasteiger charge is 2.10. The minimum Gasteiger partial charge on any atom is -0.497 e. The predicted molar refractivity (Wildman–Crippen MR) is 131 cm³/mol. The summed E-state index contributed by atoms with van der Waals surface area (Å²) in [6.07, 6.45) is 2.36. The van der Waals surface area contributed by atoms with Crippen LogP contribution in [-0.2, 0) is 18.3 Å². The molecule has 0 radical (unpaired) electrons. The van der Waals surface area contributed by atoms with E-state index >= 15 is 0 Å². The molecule has 0 atom stereocenters. The van der Waals surface area contributed by atoms with Gasteiger partial charge in [-0.2, -0.15) is 4.98 Å². The average molecular weight is 445 g/mol. The fraction of sp³-hybridized carbons (Fsp3) is 0.240. The van der Waals surface area contributed by atoms with E-state index in [2.05, 4.69) is 32.0 Å². The molecule has 2 aromatic carbocycles. The van der Waals surface area contributed by atoms with Crippen molar-refractivity contribution in [2.24, 2.45) is 7.05 Å². The molecule has 4 rings (SSSR count). The molecule has 0 aliphatic carbocycles. The number of rotatable bonds is 9. The molecule has 0 aliphatic heterocycles. The van der Waals surface area contributed by atoms with Crippen LogP contribution in [0.4, 0.5) is 17.5 Å². The summed E-state index contributed by atoms with van der Waals surface area (Å²) in [4.78, 5) is 21.4. The first kappa shape index (κ1) is 22.1. The second kappa shape index (κ2) is 10.0. The Bertz CT molecular complexity index is 1250. The van der Waals surface area contributed by atoms with Crippen LogP contribution in [0.3, 0.4) is 0 Å². The van der Waals surface area contributed by atoms with Crippen molar-refractivity contribution in [2.75, 3.05) is 30.8 Å². The van der Waals surface area contributed by atoms with Crippen LogP contribution in [0.25, 0.3) is 10.9 Å². The first-order chi connectivity index (χ1) is 16.0. The number of para-hydroxylation sites is 1. The number of hydrogen-bond donors (Lipinski definition) is 3. The Morgan fingerprint density at radius 1 is 1.06 bits per heavy atom. The number of nitrogens with one attached hydrogen (secondary N) is 3. The third-order valence-corrected chi connectivity index (χ3v) is 5.28. The number of ether oxygens (including phenoxy) is 1. The summed E-state index contributed by atoms with van der Waals surface area (Å²) in [6.45, 7) is 2.91. The summed E-state index contributed by atoms with van der Waals surface area (Å²) in [5.41, 5.74) is 3.89. The van der Waals surface area contributed by atoms with Crippen LogP contribution in [0.1, 0.15) is 11.3 Å². The number of methoxy groups -OCH3 is 1. The number of carbonyl (C=O) groups excluding carboxylic acids is 1. The van der Waals surface area contributed by atoms with E-state index in [0.717, 1.165) is 33.6 Å². The summed E-state index contributed by atoms with van der Waals surface area (Å²) < 4.78 is 7.24. The second-order valence-electron chi connectivity index (χ2n) is 7.81. The topological polar surface area (TPSA) is 93.1 Å². The van der Waals surface area contributed by atoms with Crippen molar-refractivity contribution in [3.63, 3.8) is 0 Å². The Labute approximate surface area is 193 Å². The Balaban J connectivity index is 1.28. The minimum atomic E-state index is -0.0137. The van der Waals surface area contributed by atoms with Gasteiger partial charge in [0.1, 0.15) is 11.6 Å². The minimum absolute atomic E-state index is 0.0137. The Morgan fingerprint density at radius 2 is 1.85 bits per heavy atom. The molecule has 0 aliphatic rings. The van der Waals surface area contributed by atoms with Crippen LogP contribution in [0.2, 0.25) is 0 Å². The number of hydrogen-bond acceptors (Lipinski definition) is 6. The van der Waals surface area contributed by atoms with Crippen molar-refractivity contribution in [1.29, 1.82) is 0 Å². The molecule has 0 saturated carbocycles. The fourth-order valence-corrected chi connectivity index (χ4v) is 3.71. The predicted octanol–water partition coefficient (Wildman–Crippen LogP) is 3.80. The van der Waals surface area contributed by atoms with Crippen molar-refractivity contribution in [3.05, 3.63) is 72.1 Å². The van der Waals surface area contributed by atoms with E-state index in [-0.39, 0.29) is 5.91 Å². The Morgan fingerprint density at radius 3 is 2.64 bits per heavy atom. The largest absolute Gasteiger partial charge is 0.497 e. The van der Waals surface area contributed by atoms with Crippen molar-refractivity contribution in [2.45, 2.75) is 13.3 Å². The molecule has 33 heavy (non-hydrogen) atoms. The third kappa shape index (κ3) is 5.60. The molecule has 0 bridgehead atoms. The van der Waals surface area contributed by atoms with Gasteiger partial charge < -0.3 is 25.3 Å². The summed E-state index contributed by atoms with van der Waals surface area (Å²) in [6, 6.07) is 17.6. The fourth-order valence-electron chi connectivity index (χ4n) is 3.71. The van der Waals surface area contributed by atoms with Gasteiger partial charge in [-0.3, -0.25) is 4.79 Å². The van der Waals surface area contributed by atoms with E-state index in [0.29, 0.717) is 31.3 Å². The van der Waals surface area contributed by atoms with Gasteiger partial charge in [-0.1, -0.05) is 18.2 Å². The highest BCUT2D eigenvalue weighted by atomic mass is 16.5. The van der Waals surface area contributed by atoms with E-state index < -0.39 is 0 Å². The number of nitrogens with zero attached hydrogens (tertiary/aromatic N) is 3. The number of aryl methyl sites for hydroxylation is 2. The first-order valence-corrected chi connectivity index (χ1v) is 10.8. The lowest BCUT2D eigenvalue weighted by atomic mass is 10.1. The molecular formula is C25H28N6O2. The van der Waals surface area contributed by atoms with E-state index in [1.165, 1.54) is 0 Å². The van der Waals surface area contributed by atoms with Crippen molar-refractivity contribution >= 4 is 34.3 Å². The van der Waals surface area contributed by atoms with Gasteiger partial charge in [0.05, 0.1) is 13.5 Å². The van der Waals surface area contributed by atoms with Crippen LogP contribution in [0.15, 0.2) is 60.8 Å². The standard InChI is InChI=1S/C25H28N6O2/c1-17-14-23(29-19-8-10-20(33-3)11-9-19)30-25(28-17)27-13-12-26-24(32)15-18-16-31(2)22-7-5-4-6-21(18)22/h4-11,14,16H,12-13,15H2,1-3H3,(H,26,32)(H2,27,28,29,30). The zero-order valence-electron chi connectivity index (χ0n) is 19.1. The maximum Gasteiger partial charge on any atom is 0.224 e. The lowest BCUT2D eigenvalue weighted by molar-refractivity contribution is -0.120. The molecule has 170 valence electrons. The molecule has 0 fully saturated rings. The summed E-state index contributed by atoms with van der Waals surface area (Å²) in [5.74, 6) is 1.98. The smallest absolute Gasteiger partial charge is 0.224 e. The van der Waals surface area contributed by atoms with Crippen LogP contribution in [0, 0.1) is 6.92 Å². The molecule has 2 heterocycles. The Hall–Kier alpha value is -4.07. The molecule has 4 aromatic rings. The molecule has 1 amide bonds. The van der Waals surface area contributed by atoms with Gasteiger partial charge >= 0.3 is 0 Å². The van der Waals surface area contributed by atoms with Gasteiger partial charge in [0.15, 0.2) is 0 Å². The van der Waals surface area contributed by atoms with Gasteiger partial charge in [0, 0.05) is 54.7 Å². The highest BCUT2D eigenvalue weighted by molar-refractivity contribution is 5.89. The zero-order chi connectivity index (χ0) is 23.2. The lowest BCUT2D eigenvalue weighted by Gasteiger charge is -2.11. The van der Waals surface area contributed by atoms with E-state index in [4.69, 9.17) is 4.74 Å². The molecule has 8 nitrogen and oxygen atoms in total. The van der Waals surface area contributed by atoms with Crippen LogP contribution >= 0.6 is 0 Å². The SMILES string of the molecule is COc1ccc(Nc2cc(C)nc(NCCNC(=O)Cc3cn(C)c4ccccc34)n2)cc1. The quantitative estimate of drug-likeness (QED) is 0.340. The normalized spacial score (nSPS) is 10.8. The number of carbonyl (C=O) groups is 1. The molecule has 2 aromatic heterocycles. The van der Waals surface area contributed by atoms with Gasteiger partial charge in [-0.05, 0) is 42.8 Å². The monoisotopic (exact) mass is 444 g/mol. The zero-order valence-corrected chi connectivity index (χ0v) is 19.1. The molecule has 0 spiro atoms. The van der Waals surface area contributed by atoms with Crippen LogP contribution in [-0.4, -0.2) is 40.6 Å². The molecule has 3 N–H and O–H groups in total. The second-order valence-corrected chi connectivity index (χ2v) is 7.81. The van der Waals surface area contributed by atoms with Gasteiger partial charge in [0.25, 0.3) is 0 Å². The summed E-state index contributed by atoms with van der Waals surface area (Å²) in [7, 11) is 3.63. The van der Waals surface area contributed by atoms with Crippen molar-refractivity contribution < 1.29 is 9.53 Å². The Kier molecular flexibility index (Phi) is 6.73. The number of amides is 1. The van der Waals surface area contributed by atoms with Gasteiger partial charge in [0.2, 0.25) is 11.9 Å². The van der Waals surface area contributed by atoms with Crippen molar-refractivity contribution in [3.8, 4) is 5.75 Å². The average Bonchev–Trinajstić information content (AvgIpc) is 3.12. The molecular weight excluding hydrogens is 416 g/mol. The van der Waals surface area contributed by atoms with E-state index in [1.807, 2.05) is 73.3 Å². The summed E-state index contributed by atoms with van der Waals surface area (Å²) in [5, 5.41) is 10.5. The van der Waals surface area contributed by atoms with E-state index in [1.54, 1.807) is 7.11 Å². The van der Waals surface area contributed by atoms with Gasteiger partial charge in [-0.25, -0.2) is 4.98 Å². The number of benzene rings is 2. The number of anilines is 3. The highest BCUT2D eigenvalue weighted by Crippen LogP contribution is 2.21. The number of fused-ring (bicyclic) bond motifs is 1. The number of aromatic nitrogens is 3. The lowest BCUT2D eigenvalue weighted by Crippen LogP contribution is -2.30. The van der Waals surface area contributed by atoms with Crippen LogP contribution < -0.4 is 20.7 Å². The molecule has 0 saturated heterocycles. The summed E-state index contributed by atoms with van der Waals surface area (Å²) >= 11 is 0. The third-order valence-electron chi connectivity index (χ3n) is 5.28.